The van der Waals surface area contributed by atoms with Gasteiger partial charge in [0.2, 0.25) is 0 Å². The molecule has 3 heterocycles. The third-order valence-electron chi connectivity index (χ3n) is 7.06. The molecule has 158 valence electrons. The van der Waals surface area contributed by atoms with Crippen LogP contribution in [0.25, 0.3) is 11.3 Å². The van der Waals surface area contributed by atoms with E-state index in [9.17, 15) is 0 Å². The van der Waals surface area contributed by atoms with Gasteiger partial charge in [0.05, 0.1) is 28.1 Å². The van der Waals surface area contributed by atoms with Crippen molar-refractivity contribution in [2.75, 3.05) is 0 Å². The van der Waals surface area contributed by atoms with Crippen molar-refractivity contribution in [2.45, 2.75) is 77.8 Å². The van der Waals surface area contributed by atoms with Crippen LogP contribution in [0.15, 0.2) is 42.6 Å². The molecule has 0 spiro atoms. The molecule has 5 nitrogen and oxygen atoms in total. The van der Waals surface area contributed by atoms with Gasteiger partial charge >= 0.3 is 14.2 Å². The lowest BCUT2D eigenvalue weighted by molar-refractivity contribution is 0.00578. The van der Waals surface area contributed by atoms with Crippen molar-refractivity contribution in [3.05, 3.63) is 42.6 Å². The van der Waals surface area contributed by atoms with E-state index >= 15 is 0 Å². The monoisotopic (exact) mass is 407 g/mol. The first-order valence-corrected chi connectivity index (χ1v) is 10.6. The smallest absolute Gasteiger partial charge is 0.399 e. The van der Waals surface area contributed by atoms with Crippen molar-refractivity contribution < 1.29 is 18.6 Å². The molecule has 4 rings (SSSR count). The molecule has 0 unspecified atom stereocenters. The molecule has 0 N–H and O–H groups in total. The summed E-state index contributed by atoms with van der Waals surface area (Å²) in [4.78, 5) is 4.64. The minimum Gasteiger partial charge on any atom is -0.399 e. The highest BCUT2D eigenvalue weighted by Crippen LogP contribution is 2.39. The zero-order valence-corrected chi connectivity index (χ0v) is 19.3. The second-order valence-corrected chi connectivity index (χ2v) is 10.2. The maximum absolute atomic E-state index is 6.38. The van der Waals surface area contributed by atoms with Crippen LogP contribution < -0.4 is 10.9 Å². The number of nitrogens with zero attached hydrogens (tertiary/aromatic N) is 1. The van der Waals surface area contributed by atoms with Crippen molar-refractivity contribution in [1.82, 2.24) is 4.98 Å². The lowest BCUT2D eigenvalue weighted by atomic mass is 9.67. The summed E-state index contributed by atoms with van der Waals surface area (Å²) >= 11 is 0. The molecule has 0 bridgehead atoms. The molecule has 2 fully saturated rings. The Kier molecular flexibility index (Phi) is 4.98. The predicted molar refractivity (Wildman–Crippen MR) is 121 cm³/mol. The first kappa shape index (κ1) is 21.6. The quantitative estimate of drug-likeness (QED) is 0.731. The van der Waals surface area contributed by atoms with Gasteiger partial charge in [-0.15, -0.1) is 0 Å². The zero-order chi connectivity index (χ0) is 21.9. The van der Waals surface area contributed by atoms with Gasteiger partial charge < -0.3 is 18.6 Å². The van der Waals surface area contributed by atoms with E-state index in [1.165, 1.54) is 0 Å². The largest absolute Gasteiger partial charge is 0.495 e. The van der Waals surface area contributed by atoms with Gasteiger partial charge in [-0.1, -0.05) is 24.3 Å². The molecule has 1 aromatic carbocycles. The fourth-order valence-electron chi connectivity index (χ4n) is 3.73. The number of rotatable bonds is 3. The second-order valence-electron chi connectivity index (χ2n) is 10.2. The standard InChI is InChI=1S/C23H31B2NO4/c1-20(2)21(3,4)28-24(27-20)16-12-11-13-17(19(16)18-14-9-10-15-26-18)25-29-22(5,6)23(7,8)30-25/h9-15H,1-8H3. The number of pyridine rings is 1. The van der Waals surface area contributed by atoms with E-state index in [1.54, 1.807) is 6.20 Å². The van der Waals surface area contributed by atoms with E-state index in [0.29, 0.717) is 0 Å². The highest BCUT2D eigenvalue weighted by Gasteiger charge is 2.55. The van der Waals surface area contributed by atoms with E-state index in [2.05, 4.69) is 60.4 Å². The Labute approximate surface area is 180 Å². The summed E-state index contributed by atoms with van der Waals surface area (Å²) < 4.78 is 25.5. The molecule has 0 aliphatic carbocycles. The topological polar surface area (TPSA) is 49.8 Å². The molecule has 0 atom stereocenters. The summed E-state index contributed by atoms with van der Waals surface area (Å²) in [7, 11) is -1.01. The average Bonchev–Trinajstić information content (AvgIpc) is 3.01. The lowest BCUT2D eigenvalue weighted by Crippen LogP contribution is -2.43. The van der Waals surface area contributed by atoms with Crippen molar-refractivity contribution >= 4 is 25.2 Å². The van der Waals surface area contributed by atoms with Crippen LogP contribution in [0.1, 0.15) is 55.4 Å². The van der Waals surface area contributed by atoms with E-state index in [4.69, 9.17) is 18.6 Å². The SMILES string of the molecule is CC1(C)OB(c2cccc(B3OC(C)(C)C(C)(C)O3)c2-c2ccccn2)OC1(C)C. The Hall–Kier alpha value is -1.66. The van der Waals surface area contributed by atoms with Gasteiger partial charge in [-0.3, -0.25) is 4.98 Å². The van der Waals surface area contributed by atoms with Crippen LogP contribution in [0.3, 0.4) is 0 Å². The molecule has 1 aromatic heterocycles. The van der Waals surface area contributed by atoms with Crippen LogP contribution >= 0.6 is 0 Å². The summed E-state index contributed by atoms with van der Waals surface area (Å²) in [5.74, 6) is 0. The van der Waals surface area contributed by atoms with Gasteiger partial charge in [0.1, 0.15) is 0 Å². The maximum atomic E-state index is 6.38. The molecule has 0 saturated carbocycles. The average molecular weight is 407 g/mol. The Balaban J connectivity index is 1.85. The molecular formula is C23H31B2NO4. The summed E-state index contributed by atoms with van der Waals surface area (Å²) in [6.07, 6.45) is 1.80. The molecule has 2 saturated heterocycles. The van der Waals surface area contributed by atoms with E-state index < -0.39 is 36.6 Å². The van der Waals surface area contributed by atoms with Crippen molar-refractivity contribution in [1.29, 1.82) is 0 Å². The van der Waals surface area contributed by atoms with Crippen LogP contribution in [0, 0.1) is 0 Å². The molecular weight excluding hydrogens is 376 g/mol. The lowest BCUT2D eigenvalue weighted by Gasteiger charge is -2.32. The zero-order valence-electron chi connectivity index (χ0n) is 19.3. The Morgan fingerprint density at radius 1 is 0.600 bits per heavy atom. The number of hydrogen-bond donors (Lipinski definition) is 0. The molecule has 0 amide bonds. The molecule has 7 heteroatoms. The normalized spacial score (nSPS) is 23.7. The Morgan fingerprint density at radius 2 is 1.03 bits per heavy atom. The van der Waals surface area contributed by atoms with Crippen molar-refractivity contribution in [3.8, 4) is 11.3 Å². The molecule has 0 radical (unpaired) electrons. The van der Waals surface area contributed by atoms with Gasteiger partial charge in [-0.2, -0.15) is 0 Å². The van der Waals surface area contributed by atoms with E-state index in [1.807, 2.05) is 36.4 Å². The highest BCUT2D eigenvalue weighted by atomic mass is 16.7. The van der Waals surface area contributed by atoms with Crippen molar-refractivity contribution in [3.63, 3.8) is 0 Å². The van der Waals surface area contributed by atoms with E-state index in [-0.39, 0.29) is 0 Å². The third-order valence-corrected chi connectivity index (χ3v) is 7.06. The first-order chi connectivity index (χ1) is 13.8. The van der Waals surface area contributed by atoms with Crippen molar-refractivity contribution in [2.24, 2.45) is 0 Å². The fourth-order valence-corrected chi connectivity index (χ4v) is 3.73. The molecule has 2 aliphatic heterocycles. The van der Waals surface area contributed by atoms with E-state index in [0.717, 1.165) is 22.2 Å². The molecule has 2 aromatic rings. The Morgan fingerprint density at radius 3 is 1.40 bits per heavy atom. The molecule has 30 heavy (non-hydrogen) atoms. The predicted octanol–water partition coefficient (Wildman–Crippen LogP) is 3.35. The first-order valence-electron chi connectivity index (χ1n) is 10.6. The summed E-state index contributed by atoms with van der Waals surface area (Å²) in [5, 5.41) is 0. The van der Waals surface area contributed by atoms with Gasteiger partial charge in [0, 0.05) is 6.20 Å². The van der Waals surface area contributed by atoms with Crippen LogP contribution in [-0.2, 0) is 18.6 Å². The van der Waals surface area contributed by atoms with Gasteiger partial charge in [0.25, 0.3) is 0 Å². The van der Waals surface area contributed by atoms with Crippen LogP contribution in [0.4, 0.5) is 0 Å². The number of hydrogen-bond acceptors (Lipinski definition) is 5. The fraction of sp³-hybridized carbons (Fsp3) is 0.522. The number of aromatic nitrogens is 1. The van der Waals surface area contributed by atoms with Gasteiger partial charge in [-0.25, -0.2) is 0 Å². The minimum atomic E-state index is -0.505. The highest BCUT2D eigenvalue weighted by molar-refractivity contribution is 6.69. The van der Waals surface area contributed by atoms with Crippen LogP contribution in [-0.4, -0.2) is 41.6 Å². The summed E-state index contributed by atoms with van der Waals surface area (Å²) in [5.41, 5.74) is 1.92. The minimum absolute atomic E-state index is 0.431. The summed E-state index contributed by atoms with van der Waals surface area (Å²) in [6.45, 7) is 16.5. The van der Waals surface area contributed by atoms with Crippen LogP contribution in [0.5, 0.6) is 0 Å². The third kappa shape index (κ3) is 3.42. The molecule has 2 aliphatic rings. The van der Waals surface area contributed by atoms with Gasteiger partial charge in [-0.05, 0) is 84.0 Å². The Bertz CT molecular complexity index is 857. The second kappa shape index (κ2) is 6.92. The number of benzene rings is 1. The van der Waals surface area contributed by atoms with Crippen LogP contribution in [0.2, 0.25) is 0 Å². The van der Waals surface area contributed by atoms with Gasteiger partial charge in [0.15, 0.2) is 0 Å². The maximum Gasteiger partial charge on any atom is 0.495 e. The summed E-state index contributed by atoms with van der Waals surface area (Å²) in [6, 6.07) is 12.0.